The van der Waals surface area contributed by atoms with Crippen molar-refractivity contribution in [2.24, 2.45) is 5.41 Å². The summed E-state index contributed by atoms with van der Waals surface area (Å²) in [6, 6.07) is 0. The normalized spacial score (nSPS) is 19.2. The number of amides is 1. The molecule has 0 atom stereocenters. The Bertz CT molecular complexity index is 451. The Morgan fingerprint density at radius 1 is 1.32 bits per heavy atom. The molecular formula is C15H24N2O2. The molecule has 1 saturated carbocycles. The minimum Gasteiger partial charge on any atom is -0.361 e. The van der Waals surface area contributed by atoms with Gasteiger partial charge in [0.2, 0.25) is 0 Å². The van der Waals surface area contributed by atoms with Crippen molar-refractivity contribution in [2.75, 3.05) is 0 Å². The summed E-state index contributed by atoms with van der Waals surface area (Å²) >= 11 is 0. The maximum atomic E-state index is 12.4. The molecule has 0 saturated heterocycles. The summed E-state index contributed by atoms with van der Waals surface area (Å²) in [6.07, 6.45) is 7.23. The number of rotatable bonds is 2. The second kappa shape index (κ2) is 4.99. The van der Waals surface area contributed by atoms with Gasteiger partial charge in [-0.1, -0.05) is 45.2 Å². The van der Waals surface area contributed by atoms with Gasteiger partial charge in [-0.2, -0.15) is 0 Å². The van der Waals surface area contributed by atoms with Crippen LogP contribution in [0.15, 0.2) is 10.7 Å². The molecule has 0 aromatic carbocycles. The molecule has 0 aliphatic heterocycles. The number of nitrogens with one attached hydrogen (secondary N) is 1. The lowest BCUT2D eigenvalue weighted by molar-refractivity contribution is 0.0627. The average Bonchev–Trinajstić information content (AvgIpc) is 2.75. The minimum atomic E-state index is -0.119. The van der Waals surface area contributed by atoms with Crippen molar-refractivity contribution in [3.05, 3.63) is 17.5 Å². The number of carbonyl (C=O) groups excluding carboxylic acids is 1. The van der Waals surface area contributed by atoms with Crippen molar-refractivity contribution in [1.82, 2.24) is 10.5 Å². The first-order valence-corrected chi connectivity index (χ1v) is 7.09. The van der Waals surface area contributed by atoms with E-state index >= 15 is 0 Å². The van der Waals surface area contributed by atoms with Gasteiger partial charge in [-0.15, -0.1) is 0 Å². The maximum Gasteiger partial charge on any atom is 0.256 e. The summed E-state index contributed by atoms with van der Waals surface area (Å²) in [6.45, 7) is 8.39. The van der Waals surface area contributed by atoms with Crippen molar-refractivity contribution in [3.63, 3.8) is 0 Å². The van der Waals surface area contributed by atoms with Crippen LogP contribution in [0.3, 0.4) is 0 Å². The lowest BCUT2D eigenvalue weighted by atomic mass is 9.65. The molecular weight excluding hydrogens is 240 g/mol. The summed E-state index contributed by atoms with van der Waals surface area (Å²) < 4.78 is 4.98. The van der Waals surface area contributed by atoms with E-state index in [1.165, 1.54) is 25.5 Å². The van der Waals surface area contributed by atoms with Crippen molar-refractivity contribution in [2.45, 2.75) is 65.3 Å². The van der Waals surface area contributed by atoms with Gasteiger partial charge in [0.05, 0.1) is 6.20 Å². The van der Waals surface area contributed by atoms with E-state index in [0.29, 0.717) is 11.3 Å². The Morgan fingerprint density at radius 2 is 1.95 bits per heavy atom. The third kappa shape index (κ3) is 2.67. The van der Waals surface area contributed by atoms with E-state index in [4.69, 9.17) is 4.52 Å². The lowest BCUT2D eigenvalue weighted by Crippen LogP contribution is -2.58. The molecule has 19 heavy (non-hydrogen) atoms. The summed E-state index contributed by atoms with van der Waals surface area (Å²) in [5.41, 5.74) is 0.481. The van der Waals surface area contributed by atoms with E-state index in [-0.39, 0.29) is 16.9 Å². The van der Waals surface area contributed by atoms with E-state index < -0.39 is 0 Å². The van der Waals surface area contributed by atoms with Gasteiger partial charge in [0.25, 0.3) is 5.91 Å². The van der Waals surface area contributed by atoms with Gasteiger partial charge in [0.15, 0.2) is 0 Å². The number of hydrogen-bond donors (Lipinski definition) is 1. The topological polar surface area (TPSA) is 55.1 Å². The predicted octanol–water partition coefficient (Wildman–Crippen LogP) is 3.46. The third-order valence-corrected chi connectivity index (χ3v) is 4.49. The Morgan fingerprint density at radius 3 is 2.42 bits per heavy atom. The van der Waals surface area contributed by atoms with Crippen molar-refractivity contribution in [1.29, 1.82) is 0 Å². The van der Waals surface area contributed by atoms with E-state index in [1.807, 2.05) is 0 Å². The molecule has 1 aromatic heterocycles. The fourth-order valence-corrected chi connectivity index (χ4v) is 3.02. The van der Waals surface area contributed by atoms with Crippen LogP contribution in [0.2, 0.25) is 0 Å². The van der Waals surface area contributed by atoms with Crippen LogP contribution in [-0.4, -0.2) is 16.6 Å². The van der Waals surface area contributed by atoms with Crippen LogP contribution < -0.4 is 5.32 Å². The summed E-state index contributed by atoms with van der Waals surface area (Å²) in [5, 5.41) is 6.96. The van der Waals surface area contributed by atoms with E-state index in [0.717, 1.165) is 12.8 Å². The smallest absolute Gasteiger partial charge is 0.256 e. The standard InChI is InChI=1S/C15H24N2O2/c1-11-12(10-16-19-11)13(18)17-15(14(2,3)4)8-6-5-7-9-15/h10H,5-9H2,1-4H3,(H,17,18). The molecule has 0 radical (unpaired) electrons. The molecule has 4 heteroatoms. The predicted molar refractivity (Wildman–Crippen MR) is 74.0 cm³/mol. The van der Waals surface area contributed by atoms with Crippen molar-refractivity contribution in [3.8, 4) is 0 Å². The summed E-state index contributed by atoms with van der Waals surface area (Å²) in [4.78, 5) is 12.4. The second-order valence-corrected chi connectivity index (χ2v) is 6.64. The highest BCUT2D eigenvalue weighted by molar-refractivity contribution is 5.95. The summed E-state index contributed by atoms with van der Waals surface area (Å²) in [7, 11) is 0. The fraction of sp³-hybridized carbons (Fsp3) is 0.733. The first-order valence-electron chi connectivity index (χ1n) is 7.09. The number of aryl methyl sites for hydroxylation is 1. The average molecular weight is 264 g/mol. The SMILES string of the molecule is Cc1oncc1C(=O)NC1(C(C)(C)C)CCCCC1. The molecule has 4 nitrogen and oxygen atoms in total. The van der Waals surface area contributed by atoms with Crippen LogP contribution in [0.4, 0.5) is 0 Å². The largest absolute Gasteiger partial charge is 0.361 e. The number of hydrogen-bond acceptors (Lipinski definition) is 3. The highest BCUT2D eigenvalue weighted by atomic mass is 16.5. The molecule has 1 aliphatic carbocycles. The number of nitrogens with zero attached hydrogens (tertiary/aromatic N) is 1. The number of aromatic nitrogens is 1. The van der Waals surface area contributed by atoms with Crippen molar-refractivity contribution >= 4 is 5.91 Å². The lowest BCUT2D eigenvalue weighted by Gasteiger charge is -2.48. The Labute approximate surface area is 114 Å². The zero-order valence-corrected chi connectivity index (χ0v) is 12.4. The second-order valence-electron chi connectivity index (χ2n) is 6.64. The first kappa shape index (κ1) is 14.1. The van der Waals surface area contributed by atoms with E-state index in [2.05, 4.69) is 31.2 Å². The van der Waals surface area contributed by atoms with Gasteiger partial charge >= 0.3 is 0 Å². The van der Waals surface area contributed by atoms with Crippen LogP contribution in [0, 0.1) is 12.3 Å². The van der Waals surface area contributed by atoms with Gasteiger partial charge < -0.3 is 9.84 Å². The Kier molecular flexibility index (Phi) is 3.70. The van der Waals surface area contributed by atoms with Crippen molar-refractivity contribution < 1.29 is 9.32 Å². The highest BCUT2D eigenvalue weighted by Crippen LogP contribution is 2.42. The summed E-state index contributed by atoms with van der Waals surface area (Å²) in [5.74, 6) is 0.521. The van der Waals surface area contributed by atoms with E-state index in [9.17, 15) is 4.79 Å². The van der Waals surface area contributed by atoms with Gasteiger partial charge in [-0.25, -0.2) is 0 Å². The minimum absolute atomic E-state index is 0.0498. The molecule has 1 fully saturated rings. The van der Waals surface area contributed by atoms with E-state index in [1.54, 1.807) is 6.92 Å². The molecule has 1 heterocycles. The quantitative estimate of drug-likeness (QED) is 0.890. The van der Waals surface area contributed by atoms with Gasteiger partial charge in [-0.3, -0.25) is 4.79 Å². The number of carbonyl (C=O) groups is 1. The maximum absolute atomic E-state index is 12.4. The molecule has 2 rings (SSSR count). The molecule has 1 aromatic rings. The molecule has 0 spiro atoms. The molecule has 106 valence electrons. The molecule has 0 unspecified atom stereocenters. The van der Waals surface area contributed by atoms with Crippen LogP contribution in [0.25, 0.3) is 0 Å². The monoisotopic (exact) mass is 264 g/mol. The van der Waals surface area contributed by atoms with Crippen LogP contribution in [0.5, 0.6) is 0 Å². The highest BCUT2D eigenvalue weighted by Gasteiger charge is 2.44. The zero-order valence-electron chi connectivity index (χ0n) is 12.4. The van der Waals surface area contributed by atoms with Crippen LogP contribution in [0.1, 0.15) is 69.0 Å². The van der Waals surface area contributed by atoms with Crippen LogP contribution in [-0.2, 0) is 0 Å². The zero-order chi connectivity index (χ0) is 14.1. The van der Waals surface area contributed by atoms with Gasteiger partial charge in [-0.05, 0) is 25.2 Å². The molecule has 1 aliphatic rings. The van der Waals surface area contributed by atoms with Crippen LogP contribution >= 0.6 is 0 Å². The van der Waals surface area contributed by atoms with Gasteiger partial charge in [0, 0.05) is 5.54 Å². The molecule has 1 amide bonds. The Hall–Kier alpha value is -1.32. The third-order valence-electron chi connectivity index (χ3n) is 4.49. The first-order chi connectivity index (χ1) is 8.86. The molecule has 1 N–H and O–H groups in total. The van der Waals surface area contributed by atoms with Gasteiger partial charge in [0.1, 0.15) is 11.3 Å². The fourth-order valence-electron chi connectivity index (χ4n) is 3.02. The Balaban J connectivity index is 2.22. The molecule has 0 bridgehead atoms.